The van der Waals surface area contributed by atoms with Crippen LogP contribution in [-0.4, -0.2) is 109 Å². The van der Waals surface area contributed by atoms with Crippen LogP contribution in [0.1, 0.15) is 0 Å². The largest absolute Gasteiger partial charge is 0.394 e. The molecule has 0 aliphatic carbocycles. The molecule has 11 heteroatoms. The molecular formula is C12H21BrO10. The second-order valence-electron chi connectivity index (χ2n) is 5.48. The molecule has 0 aromatic rings. The molecule has 2 heterocycles. The predicted molar refractivity (Wildman–Crippen MR) is 75.3 cm³/mol. The standard InChI is InChI=1S/C12H21BrO10/c13-5-10(7(17)4(2-15)21-11(5)20)23-12-9(19)8(18)6(16)3(1-14)22-12/h3-12,14-20H,1-2H2/t3?,4?,5-,6+,7+,8?,9?,10?,11-,12?/m1/s1. The Morgan fingerprint density at radius 1 is 0.783 bits per heavy atom. The summed E-state index contributed by atoms with van der Waals surface area (Å²) in [7, 11) is 0. The maximum atomic E-state index is 10.1. The summed E-state index contributed by atoms with van der Waals surface area (Å²) in [4.78, 5) is -0.910. The Labute approximate surface area is 140 Å². The molecule has 136 valence electrons. The van der Waals surface area contributed by atoms with Gasteiger partial charge in [0.25, 0.3) is 0 Å². The van der Waals surface area contributed by atoms with E-state index in [0.717, 1.165) is 0 Å². The Morgan fingerprint density at radius 2 is 1.35 bits per heavy atom. The van der Waals surface area contributed by atoms with Crippen molar-refractivity contribution in [1.29, 1.82) is 0 Å². The lowest BCUT2D eigenvalue weighted by molar-refractivity contribution is -0.334. The van der Waals surface area contributed by atoms with Crippen LogP contribution in [0, 0.1) is 0 Å². The van der Waals surface area contributed by atoms with Crippen molar-refractivity contribution in [3.63, 3.8) is 0 Å². The molecule has 2 aliphatic rings. The Bertz CT molecular complexity index is 385. The third-order valence-electron chi connectivity index (χ3n) is 3.94. The van der Waals surface area contributed by atoms with Crippen molar-refractivity contribution in [2.75, 3.05) is 13.2 Å². The van der Waals surface area contributed by atoms with Gasteiger partial charge in [-0.2, -0.15) is 0 Å². The lowest BCUT2D eigenvalue weighted by Crippen LogP contribution is -2.63. The normalized spacial score (nSPS) is 51.7. The molecule has 0 spiro atoms. The van der Waals surface area contributed by atoms with Crippen LogP contribution in [0.5, 0.6) is 0 Å². The summed E-state index contributed by atoms with van der Waals surface area (Å²) in [5.74, 6) is 0. The van der Waals surface area contributed by atoms with Crippen molar-refractivity contribution in [3.05, 3.63) is 0 Å². The van der Waals surface area contributed by atoms with Gasteiger partial charge in [-0.15, -0.1) is 0 Å². The van der Waals surface area contributed by atoms with Gasteiger partial charge < -0.3 is 50.0 Å². The van der Waals surface area contributed by atoms with Gasteiger partial charge in [0.05, 0.1) is 18.0 Å². The second kappa shape index (κ2) is 7.97. The van der Waals surface area contributed by atoms with E-state index in [1.54, 1.807) is 0 Å². The highest BCUT2D eigenvalue weighted by atomic mass is 79.9. The Kier molecular flexibility index (Phi) is 6.73. The molecule has 0 aromatic carbocycles. The number of hydrogen-bond acceptors (Lipinski definition) is 10. The van der Waals surface area contributed by atoms with E-state index in [-0.39, 0.29) is 0 Å². The molecule has 0 bridgehead atoms. The molecule has 0 amide bonds. The number of aliphatic hydroxyl groups excluding tert-OH is 7. The number of alkyl halides is 1. The van der Waals surface area contributed by atoms with Crippen LogP contribution >= 0.6 is 15.9 Å². The molecule has 10 nitrogen and oxygen atoms in total. The van der Waals surface area contributed by atoms with Gasteiger partial charge in [0.15, 0.2) is 12.6 Å². The van der Waals surface area contributed by atoms with Gasteiger partial charge in [-0.05, 0) is 0 Å². The van der Waals surface area contributed by atoms with Gasteiger partial charge >= 0.3 is 0 Å². The van der Waals surface area contributed by atoms with E-state index in [2.05, 4.69) is 15.9 Å². The summed E-state index contributed by atoms with van der Waals surface area (Å²) in [5, 5.41) is 67.5. The fourth-order valence-corrected chi connectivity index (χ4v) is 3.10. The smallest absolute Gasteiger partial charge is 0.187 e. The van der Waals surface area contributed by atoms with Crippen LogP contribution in [0.4, 0.5) is 0 Å². The summed E-state index contributed by atoms with van der Waals surface area (Å²) in [5.41, 5.74) is 0. The molecule has 10 atom stereocenters. The number of rotatable bonds is 4. The van der Waals surface area contributed by atoms with Gasteiger partial charge in [0.1, 0.15) is 42.7 Å². The first-order valence-electron chi connectivity index (χ1n) is 7.04. The molecule has 2 rings (SSSR count). The zero-order valence-corrected chi connectivity index (χ0v) is 13.5. The van der Waals surface area contributed by atoms with E-state index in [1.807, 2.05) is 0 Å². The Hall–Kier alpha value is 0.0800. The van der Waals surface area contributed by atoms with E-state index >= 15 is 0 Å². The minimum Gasteiger partial charge on any atom is -0.394 e. The SMILES string of the molecule is OCC1OC(OC2[C@@H](O)C(CO)O[C@@H](O)[C@@H]2Br)C(O)C(O)[C@H]1O. The molecule has 6 unspecified atom stereocenters. The van der Waals surface area contributed by atoms with Crippen LogP contribution < -0.4 is 0 Å². The summed E-state index contributed by atoms with van der Waals surface area (Å²) in [6, 6.07) is 0. The average molecular weight is 405 g/mol. The van der Waals surface area contributed by atoms with Crippen molar-refractivity contribution < 1.29 is 50.0 Å². The van der Waals surface area contributed by atoms with Crippen LogP contribution in [0.2, 0.25) is 0 Å². The first kappa shape index (κ1) is 19.4. The minimum absolute atomic E-state index is 0.577. The van der Waals surface area contributed by atoms with Crippen LogP contribution in [-0.2, 0) is 14.2 Å². The van der Waals surface area contributed by atoms with Crippen LogP contribution in [0.3, 0.4) is 0 Å². The minimum atomic E-state index is -1.65. The van der Waals surface area contributed by atoms with E-state index in [9.17, 15) is 25.5 Å². The number of ether oxygens (including phenoxy) is 3. The van der Waals surface area contributed by atoms with Crippen molar-refractivity contribution in [2.24, 2.45) is 0 Å². The zero-order valence-electron chi connectivity index (χ0n) is 11.9. The number of halogens is 1. The van der Waals surface area contributed by atoms with E-state index < -0.39 is 73.3 Å². The molecular weight excluding hydrogens is 384 g/mol. The number of aliphatic hydroxyl groups is 7. The summed E-state index contributed by atoms with van der Waals surface area (Å²) < 4.78 is 15.6. The highest BCUT2D eigenvalue weighted by Gasteiger charge is 2.49. The van der Waals surface area contributed by atoms with Crippen molar-refractivity contribution in [2.45, 2.75) is 60.1 Å². The lowest BCUT2D eigenvalue weighted by Gasteiger charge is -2.45. The van der Waals surface area contributed by atoms with Crippen molar-refractivity contribution in [3.8, 4) is 0 Å². The second-order valence-corrected chi connectivity index (χ2v) is 6.54. The molecule has 0 aromatic heterocycles. The topological polar surface area (TPSA) is 169 Å². The van der Waals surface area contributed by atoms with Crippen molar-refractivity contribution >= 4 is 15.9 Å². The van der Waals surface area contributed by atoms with Crippen molar-refractivity contribution in [1.82, 2.24) is 0 Å². The molecule has 0 saturated carbocycles. The van der Waals surface area contributed by atoms with E-state index in [4.69, 9.17) is 24.4 Å². The quantitative estimate of drug-likeness (QED) is 0.229. The molecule has 2 fully saturated rings. The third-order valence-corrected chi connectivity index (χ3v) is 4.91. The molecule has 2 aliphatic heterocycles. The van der Waals surface area contributed by atoms with Gasteiger partial charge in [-0.3, -0.25) is 0 Å². The molecule has 2 saturated heterocycles. The van der Waals surface area contributed by atoms with Gasteiger partial charge in [0.2, 0.25) is 0 Å². The van der Waals surface area contributed by atoms with E-state index in [1.165, 1.54) is 0 Å². The Morgan fingerprint density at radius 3 is 1.91 bits per heavy atom. The first-order chi connectivity index (χ1) is 10.8. The molecule has 23 heavy (non-hydrogen) atoms. The maximum absolute atomic E-state index is 10.1. The summed E-state index contributed by atoms with van der Waals surface area (Å²) in [6.45, 7) is -1.20. The summed E-state index contributed by atoms with van der Waals surface area (Å²) in [6.07, 6.45) is -12.5. The first-order valence-corrected chi connectivity index (χ1v) is 7.95. The fourth-order valence-electron chi connectivity index (χ4n) is 2.54. The monoisotopic (exact) mass is 404 g/mol. The highest BCUT2D eigenvalue weighted by Crippen LogP contribution is 2.31. The number of hydrogen-bond donors (Lipinski definition) is 7. The molecule has 7 N–H and O–H groups in total. The third kappa shape index (κ3) is 3.85. The van der Waals surface area contributed by atoms with E-state index in [0.29, 0.717) is 0 Å². The van der Waals surface area contributed by atoms with Crippen LogP contribution in [0.15, 0.2) is 0 Å². The van der Waals surface area contributed by atoms with Gasteiger partial charge in [-0.1, -0.05) is 15.9 Å². The van der Waals surface area contributed by atoms with Gasteiger partial charge in [0, 0.05) is 0 Å². The van der Waals surface area contributed by atoms with Crippen LogP contribution in [0.25, 0.3) is 0 Å². The highest BCUT2D eigenvalue weighted by molar-refractivity contribution is 9.09. The van der Waals surface area contributed by atoms with Gasteiger partial charge in [-0.25, -0.2) is 0 Å². The Balaban J connectivity index is 2.11. The zero-order chi connectivity index (χ0) is 17.3. The molecule has 0 radical (unpaired) electrons. The maximum Gasteiger partial charge on any atom is 0.187 e. The predicted octanol–water partition coefficient (Wildman–Crippen LogP) is -3.99. The average Bonchev–Trinajstić information content (AvgIpc) is 2.54. The lowest BCUT2D eigenvalue weighted by atomic mass is 9.98. The fraction of sp³-hybridized carbons (Fsp3) is 1.00. The summed E-state index contributed by atoms with van der Waals surface area (Å²) >= 11 is 3.08.